The predicted octanol–water partition coefficient (Wildman–Crippen LogP) is 4.62. The van der Waals surface area contributed by atoms with Gasteiger partial charge in [-0.05, 0) is 97.3 Å². The van der Waals surface area contributed by atoms with Crippen molar-refractivity contribution >= 4 is 34.2 Å². The highest BCUT2D eigenvalue weighted by Crippen LogP contribution is 2.24. The third-order valence-corrected chi connectivity index (χ3v) is 4.27. The Kier molecular flexibility index (Phi) is 5.45. The molecule has 4 heteroatoms. The Labute approximate surface area is 145 Å². The fraction of sp³-hybridized carbons (Fsp3) is 0.278. The van der Waals surface area contributed by atoms with Gasteiger partial charge in [0.2, 0.25) is 0 Å². The minimum absolute atomic E-state index is 0.153. The molecule has 22 heavy (non-hydrogen) atoms. The third-order valence-electron chi connectivity index (χ3n) is 3.55. The van der Waals surface area contributed by atoms with Crippen LogP contribution >= 0.6 is 22.6 Å². The van der Waals surface area contributed by atoms with Crippen LogP contribution in [0.3, 0.4) is 0 Å². The number of amides is 1. The number of hydrogen-bond acceptors (Lipinski definition) is 2. The van der Waals surface area contributed by atoms with Gasteiger partial charge in [-0.2, -0.15) is 0 Å². The maximum absolute atomic E-state index is 12.2. The molecule has 2 rings (SSSR count). The summed E-state index contributed by atoms with van der Waals surface area (Å²) in [5, 5.41) is 2.87. The van der Waals surface area contributed by atoms with Crippen molar-refractivity contribution in [2.24, 2.45) is 0 Å². The highest BCUT2D eigenvalue weighted by atomic mass is 127. The largest absolute Gasteiger partial charge is 0.481 e. The monoisotopic (exact) mass is 409 g/mol. The molecule has 0 saturated carbocycles. The Balaban J connectivity index is 2.07. The molecule has 2 aromatic rings. The van der Waals surface area contributed by atoms with Crippen LogP contribution in [0.4, 0.5) is 5.69 Å². The molecule has 0 heterocycles. The maximum atomic E-state index is 12.2. The fourth-order valence-corrected chi connectivity index (χ4v) is 2.50. The van der Waals surface area contributed by atoms with E-state index in [0.717, 1.165) is 26.1 Å². The first-order valence-corrected chi connectivity index (χ1v) is 8.25. The minimum Gasteiger partial charge on any atom is -0.481 e. The van der Waals surface area contributed by atoms with Crippen molar-refractivity contribution in [1.82, 2.24) is 0 Å². The van der Waals surface area contributed by atoms with Gasteiger partial charge in [0.1, 0.15) is 5.75 Å². The van der Waals surface area contributed by atoms with Crippen LogP contribution in [0.15, 0.2) is 36.4 Å². The first kappa shape index (κ1) is 16.8. The summed E-state index contributed by atoms with van der Waals surface area (Å²) in [6.07, 6.45) is -0.556. The normalized spacial score (nSPS) is 11.9. The summed E-state index contributed by atoms with van der Waals surface area (Å²) >= 11 is 2.23. The second kappa shape index (κ2) is 7.13. The molecule has 0 aliphatic heterocycles. The van der Waals surface area contributed by atoms with Crippen molar-refractivity contribution in [1.29, 1.82) is 0 Å². The number of carbonyl (C=O) groups excluding carboxylic acids is 1. The van der Waals surface area contributed by atoms with E-state index in [-0.39, 0.29) is 5.91 Å². The SMILES string of the molecule is Cc1cc(C)c(C)c(O[C@@H](C)C(=O)Nc2ccc(I)cc2)c1. The lowest BCUT2D eigenvalue weighted by molar-refractivity contribution is -0.122. The van der Waals surface area contributed by atoms with E-state index in [9.17, 15) is 4.79 Å². The number of carbonyl (C=O) groups is 1. The van der Waals surface area contributed by atoms with Crippen molar-refractivity contribution in [2.45, 2.75) is 33.8 Å². The average Bonchev–Trinajstić information content (AvgIpc) is 2.46. The highest BCUT2D eigenvalue weighted by molar-refractivity contribution is 14.1. The number of benzene rings is 2. The first-order chi connectivity index (χ1) is 10.4. The van der Waals surface area contributed by atoms with E-state index in [4.69, 9.17) is 4.74 Å². The van der Waals surface area contributed by atoms with Gasteiger partial charge in [0, 0.05) is 9.26 Å². The lowest BCUT2D eigenvalue weighted by Crippen LogP contribution is -2.30. The van der Waals surface area contributed by atoms with Gasteiger partial charge in [-0.3, -0.25) is 4.79 Å². The summed E-state index contributed by atoms with van der Waals surface area (Å²) in [5.41, 5.74) is 4.14. The number of aryl methyl sites for hydroxylation is 2. The maximum Gasteiger partial charge on any atom is 0.265 e. The molecule has 1 atom stereocenters. The topological polar surface area (TPSA) is 38.3 Å². The van der Waals surface area contributed by atoms with Gasteiger partial charge >= 0.3 is 0 Å². The molecule has 1 N–H and O–H groups in total. The van der Waals surface area contributed by atoms with Crippen molar-refractivity contribution in [3.8, 4) is 5.75 Å². The van der Waals surface area contributed by atoms with Crippen molar-refractivity contribution < 1.29 is 9.53 Å². The molecule has 1 amide bonds. The zero-order valence-electron chi connectivity index (χ0n) is 13.2. The Morgan fingerprint density at radius 2 is 1.77 bits per heavy atom. The third kappa shape index (κ3) is 4.22. The van der Waals surface area contributed by atoms with Crippen LogP contribution in [-0.4, -0.2) is 12.0 Å². The standard InChI is InChI=1S/C18H20INO2/c1-11-9-12(2)13(3)17(10-11)22-14(4)18(21)20-16-7-5-15(19)6-8-16/h5-10,14H,1-4H3,(H,20,21)/t14-/m0/s1. The zero-order valence-corrected chi connectivity index (χ0v) is 15.4. The van der Waals surface area contributed by atoms with Gasteiger partial charge in [-0.1, -0.05) is 6.07 Å². The van der Waals surface area contributed by atoms with Crippen LogP contribution < -0.4 is 10.1 Å². The van der Waals surface area contributed by atoms with E-state index < -0.39 is 6.10 Å². The molecule has 0 spiro atoms. The molecule has 0 bridgehead atoms. The van der Waals surface area contributed by atoms with E-state index in [0.29, 0.717) is 0 Å². The number of rotatable bonds is 4. The summed E-state index contributed by atoms with van der Waals surface area (Å²) in [6, 6.07) is 11.8. The molecule has 3 nitrogen and oxygen atoms in total. The predicted molar refractivity (Wildman–Crippen MR) is 98.5 cm³/mol. The molecule has 116 valence electrons. The Morgan fingerprint density at radius 1 is 1.14 bits per heavy atom. The Bertz CT molecular complexity index is 680. The van der Waals surface area contributed by atoms with E-state index in [1.807, 2.05) is 51.1 Å². The molecule has 0 aromatic heterocycles. The van der Waals surface area contributed by atoms with Gasteiger partial charge in [0.25, 0.3) is 5.91 Å². The molecule has 0 saturated heterocycles. The van der Waals surface area contributed by atoms with Crippen molar-refractivity contribution in [2.75, 3.05) is 5.32 Å². The minimum atomic E-state index is -0.556. The zero-order chi connectivity index (χ0) is 16.3. The van der Waals surface area contributed by atoms with E-state index >= 15 is 0 Å². The van der Waals surface area contributed by atoms with Gasteiger partial charge in [0.15, 0.2) is 6.10 Å². The average molecular weight is 409 g/mol. The van der Waals surface area contributed by atoms with Crippen LogP contribution in [0.1, 0.15) is 23.6 Å². The lowest BCUT2D eigenvalue weighted by atomic mass is 10.1. The number of ether oxygens (including phenoxy) is 1. The lowest BCUT2D eigenvalue weighted by Gasteiger charge is -2.18. The number of halogens is 1. The fourth-order valence-electron chi connectivity index (χ4n) is 2.14. The number of nitrogens with one attached hydrogen (secondary N) is 1. The quantitative estimate of drug-likeness (QED) is 0.749. The molecule has 0 aliphatic carbocycles. The molecule has 2 aromatic carbocycles. The van der Waals surface area contributed by atoms with Crippen LogP contribution in [0.5, 0.6) is 5.75 Å². The molecule has 0 radical (unpaired) electrons. The van der Waals surface area contributed by atoms with Crippen LogP contribution in [0, 0.1) is 24.3 Å². The molecular weight excluding hydrogens is 389 g/mol. The van der Waals surface area contributed by atoms with Gasteiger partial charge < -0.3 is 10.1 Å². The second-order valence-electron chi connectivity index (χ2n) is 5.46. The highest BCUT2D eigenvalue weighted by Gasteiger charge is 2.16. The number of anilines is 1. The van der Waals surface area contributed by atoms with Gasteiger partial charge in [-0.25, -0.2) is 0 Å². The summed E-state index contributed by atoms with van der Waals surface area (Å²) in [5.74, 6) is 0.613. The Hall–Kier alpha value is -1.56. The number of hydrogen-bond donors (Lipinski definition) is 1. The first-order valence-electron chi connectivity index (χ1n) is 7.18. The van der Waals surface area contributed by atoms with E-state index in [2.05, 4.69) is 34.0 Å². The van der Waals surface area contributed by atoms with Crippen molar-refractivity contribution in [3.63, 3.8) is 0 Å². The summed E-state index contributed by atoms with van der Waals surface area (Å²) < 4.78 is 6.98. The summed E-state index contributed by atoms with van der Waals surface area (Å²) in [7, 11) is 0. The van der Waals surface area contributed by atoms with E-state index in [1.165, 1.54) is 5.56 Å². The smallest absolute Gasteiger partial charge is 0.265 e. The van der Waals surface area contributed by atoms with Crippen LogP contribution in [0.2, 0.25) is 0 Å². The Morgan fingerprint density at radius 3 is 2.41 bits per heavy atom. The second-order valence-corrected chi connectivity index (χ2v) is 6.71. The molecule has 0 unspecified atom stereocenters. The molecule has 0 aliphatic rings. The molecule has 0 fully saturated rings. The van der Waals surface area contributed by atoms with E-state index in [1.54, 1.807) is 6.92 Å². The summed E-state index contributed by atoms with van der Waals surface area (Å²) in [4.78, 5) is 12.2. The van der Waals surface area contributed by atoms with Crippen LogP contribution in [0.25, 0.3) is 0 Å². The van der Waals surface area contributed by atoms with Crippen molar-refractivity contribution in [3.05, 3.63) is 56.7 Å². The van der Waals surface area contributed by atoms with Gasteiger partial charge in [-0.15, -0.1) is 0 Å². The summed E-state index contributed by atoms with van der Waals surface area (Å²) in [6.45, 7) is 7.84. The van der Waals surface area contributed by atoms with Crippen LogP contribution in [-0.2, 0) is 4.79 Å². The van der Waals surface area contributed by atoms with Gasteiger partial charge in [0.05, 0.1) is 0 Å². The molecular formula is C18H20INO2.